The summed E-state index contributed by atoms with van der Waals surface area (Å²) in [5.41, 5.74) is 14.4. The number of amidine groups is 1. The maximum Gasteiger partial charge on any atom is 0.337 e. The Bertz CT molecular complexity index is 1940. The molecule has 14 nitrogen and oxygen atoms in total. The van der Waals surface area contributed by atoms with Gasteiger partial charge in [-0.15, -0.1) is 0 Å². The molecule has 0 unspecified atom stereocenters. The van der Waals surface area contributed by atoms with E-state index < -0.39 is 5.97 Å². The van der Waals surface area contributed by atoms with Gasteiger partial charge in [-0.25, -0.2) is 9.78 Å². The maximum atomic E-state index is 14.3. The molecule has 0 atom stereocenters. The van der Waals surface area contributed by atoms with E-state index in [1.807, 2.05) is 21.6 Å². The average molecular weight is 708 g/mol. The minimum atomic E-state index is -0.511. The van der Waals surface area contributed by atoms with Crippen LogP contribution in [0.25, 0.3) is 11.0 Å². The number of fused-ring (bicyclic) bond motifs is 1. The second-order valence-electron chi connectivity index (χ2n) is 13.3. The van der Waals surface area contributed by atoms with Crippen molar-refractivity contribution in [1.29, 1.82) is 10.8 Å². The highest BCUT2D eigenvalue weighted by Crippen LogP contribution is 2.28. The Morgan fingerprint density at radius 2 is 1.54 bits per heavy atom. The monoisotopic (exact) mass is 707 g/mol. The zero-order valence-electron chi connectivity index (χ0n) is 29.3. The van der Waals surface area contributed by atoms with Crippen molar-refractivity contribution in [3.05, 3.63) is 89.2 Å². The number of aromatic nitrogens is 2. The quantitative estimate of drug-likeness (QED) is 0.0862. The number of imidazole rings is 1. The van der Waals surface area contributed by atoms with Crippen LogP contribution in [0, 0.1) is 10.8 Å². The summed E-state index contributed by atoms with van der Waals surface area (Å²) in [6.45, 7) is 1.28. The summed E-state index contributed by atoms with van der Waals surface area (Å²) >= 11 is 0. The van der Waals surface area contributed by atoms with Crippen LogP contribution >= 0.6 is 0 Å². The van der Waals surface area contributed by atoms with Crippen LogP contribution in [-0.2, 0) is 22.6 Å². The van der Waals surface area contributed by atoms with Gasteiger partial charge in [0.2, 0.25) is 5.91 Å². The van der Waals surface area contributed by atoms with Gasteiger partial charge in [0.15, 0.2) is 5.96 Å². The second kappa shape index (κ2) is 16.0. The normalized spacial score (nSPS) is 15.2. The maximum absolute atomic E-state index is 14.3. The molecule has 2 amide bonds. The minimum Gasteiger partial charge on any atom is -0.490 e. The molecule has 2 aliphatic rings. The van der Waals surface area contributed by atoms with Gasteiger partial charge in [-0.3, -0.25) is 20.4 Å². The Kier molecular flexibility index (Phi) is 11.0. The fraction of sp³-hybridized carbons (Fsp3) is 0.368. The van der Waals surface area contributed by atoms with Gasteiger partial charge in [0.1, 0.15) is 30.1 Å². The molecule has 52 heavy (non-hydrogen) atoms. The number of hydrogen-bond acceptors (Lipinski definition) is 8. The van der Waals surface area contributed by atoms with Crippen LogP contribution < -0.4 is 26.4 Å². The highest BCUT2D eigenvalue weighted by molar-refractivity contribution is 6.06. The summed E-state index contributed by atoms with van der Waals surface area (Å²) in [7, 11) is 1.30. The predicted octanol–water partition coefficient (Wildman–Crippen LogP) is 4.14. The van der Waals surface area contributed by atoms with Crippen LogP contribution in [0.1, 0.15) is 77.0 Å². The number of nitrogens with two attached hydrogens (primary N) is 2. The summed E-state index contributed by atoms with van der Waals surface area (Å²) in [4.78, 5) is 48.2. The van der Waals surface area contributed by atoms with Crippen LogP contribution in [0.3, 0.4) is 0 Å². The van der Waals surface area contributed by atoms with Crippen molar-refractivity contribution in [3.63, 3.8) is 0 Å². The number of hydrogen-bond donors (Lipinski definition) is 5. The molecule has 4 aromatic rings. The number of nitrogens with zero attached hydrogens (tertiary/aromatic N) is 4. The van der Waals surface area contributed by atoms with Crippen LogP contribution in [0.15, 0.2) is 66.7 Å². The van der Waals surface area contributed by atoms with Crippen LogP contribution in [0.5, 0.6) is 5.75 Å². The number of benzene rings is 3. The van der Waals surface area contributed by atoms with Crippen molar-refractivity contribution in [2.45, 2.75) is 70.2 Å². The Hall–Kier alpha value is -5.92. The molecule has 2 fully saturated rings. The molecule has 1 aliphatic carbocycles. The van der Waals surface area contributed by atoms with Crippen molar-refractivity contribution in [2.24, 2.45) is 11.5 Å². The Morgan fingerprint density at radius 1 is 0.885 bits per heavy atom. The molecule has 7 N–H and O–H groups in total. The van der Waals surface area contributed by atoms with E-state index >= 15 is 0 Å². The van der Waals surface area contributed by atoms with Crippen molar-refractivity contribution >= 4 is 46.3 Å². The predicted molar refractivity (Wildman–Crippen MR) is 198 cm³/mol. The molecule has 272 valence electrons. The minimum absolute atomic E-state index is 0.00207. The van der Waals surface area contributed by atoms with E-state index in [4.69, 9.17) is 36.7 Å². The topological polar surface area (TPSA) is 206 Å². The van der Waals surface area contributed by atoms with E-state index in [1.54, 1.807) is 59.5 Å². The molecule has 0 spiro atoms. The molecule has 1 aliphatic heterocycles. The number of piperidine rings is 1. The molecule has 1 saturated heterocycles. The lowest BCUT2D eigenvalue weighted by Gasteiger charge is -2.32. The molecule has 1 aromatic heterocycles. The smallest absolute Gasteiger partial charge is 0.337 e. The SMILES string of the molecule is COC(=O)c1ccc(C(=O)N(Cc2nc3cc(C(=N)N)ccc3n2CC(=O)NC2CCCCC2)c2ccc(OC3CCN(C(=N)N)CC3)cc2)cc1. The van der Waals surface area contributed by atoms with Crippen molar-refractivity contribution in [1.82, 2.24) is 19.8 Å². The standard InChI is InChI=1S/C38H45N9O5/c1-51-37(50)25-9-7-24(8-10-25)36(49)46(28-12-14-29(15-13-28)52-30-17-19-45(20-18-30)38(41)42)22-33-44-31-21-26(35(39)40)11-16-32(31)47(33)23-34(48)43-27-5-3-2-4-6-27/h7-16,21,27,30H,2-6,17-20,22-23H2,1H3,(H3,39,40)(H3,41,42)(H,43,48). The number of rotatable bonds is 11. The molecular formula is C38H45N9O5. The van der Waals surface area contributed by atoms with E-state index in [1.165, 1.54) is 13.5 Å². The first-order valence-electron chi connectivity index (χ1n) is 17.6. The van der Waals surface area contributed by atoms with Gasteiger partial charge in [-0.05, 0) is 79.6 Å². The van der Waals surface area contributed by atoms with E-state index in [9.17, 15) is 14.4 Å². The number of methoxy groups -OCH3 is 1. The van der Waals surface area contributed by atoms with Gasteiger partial charge in [-0.1, -0.05) is 19.3 Å². The van der Waals surface area contributed by atoms with Crippen LogP contribution in [0.2, 0.25) is 0 Å². The lowest BCUT2D eigenvalue weighted by atomic mass is 9.95. The molecule has 0 bridgehead atoms. The van der Waals surface area contributed by atoms with E-state index in [0.29, 0.717) is 58.1 Å². The van der Waals surface area contributed by atoms with Crippen LogP contribution in [-0.4, -0.2) is 76.4 Å². The number of esters is 1. The first-order valence-corrected chi connectivity index (χ1v) is 17.6. The molecule has 1 saturated carbocycles. The molecule has 0 radical (unpaired) electrons. The third kappa shape index (κ3) is 8.33. The van der Waals surface area contributed by atoms with Crippen LogP contribution in [0.4, 0.5) is 5.69 Å². The van der Waals surface area contributed by atoms with Gasteiger partial charge in [0.25, 0.3) is 5.91 Å². The number of ether oxygens (including phenoxy) is 2. The lowest BCUT2D eigenvalue weighted by molar-refractivity contribution is -0.122. The molecule has 3 aromatic carbocycles. The van der Waals surface area contributed by atoms with Gasteiger partial charge in [0, 0.05) is 48.8 Å². The molecule has 14 heteroatoms. The van der Waals surface area contributed by atoms with E-state index in [0.717, 1.165) is 38.5 Å². The summed E-state index contributed by atoms with van der Waals surface area (Å²) in [6, 6.07) is 18.8. The molecule has 2 heterocycles. The Labute approximate surface area is 302 Å². The third-order valence-electron chi connectivity index (χ3n) is 9.74. The number of anilines is 1. The number of nitrogens with one attached hydrogen (secondary N) is 3. The summed E-state index contributed by atoms with van der Waals surface area (Å²) in [5.74, 6) is 0.0573. The number of likely N-dealkylation sites (tertiary alicyclic amines) is 1. The first-order chi connectivity index (χ1) is 25.1. The van der Waals surface area contributed by atoms with E-state index in [2.05, 4.69) is 5.32 Å². The van der Waals surface area contributed by atoms with Crippen molar-refractivity contribution < 1.29 is 23.9 Å². The highest BCUT2D eigenvalue weighted by Gasteiger charge is 2.26. The number of amides is 2. The summed E-state index contributed by atoms with van der Waals surface area (Å²) < 4.78 is 12.9. The lowest BCUT2D eigenvalue weighted by Crippen LogP contribution is -2.44. The average Bonchev–Trinajstić information content (AvgIpc) is 3.49. The van der Waals surface area contributed by atoms with Gasteiger partial charge < -0.3 is 40.6 Å². The summed E-state index contributed by atoms with van der Waals surface area (Å²) in [5, 5.41) is 18.8. The summed E-state index contributed by atoms with van der Waals surface area (Å²) in [6.07, 6.45) is 6.64. The highest BCUT2D eigenvalue weighted by atomic mass is 16.5. The van der Waals surface area contributed by atoms with Gasteiger partial charge in [0.05, 0.1) is 30.3 Å². The largest absolute Gasteiger partial charge is 0.490 e. The Balaban J connectivity index is 1.32. The second-order valence-corrected chi connectivity index (χ2v) is 13.3. The van der Waals surface area contributed by atoms with E-state index in [-0.39, 0.29) is 48.8 Å². The van der Waals surface area contributed by atoms with Gasteiger partial charge in [-0.2, -0.15) is 0 Å². The fourth-order valence-electron chi connectivity index (χ4n) is 6.86. The molecule has 6 rings (SSSR count). The van der Waals surface area contributed by atoms with Crippen molar-refractivity contribution in [2.75, 3.05) is 25.1 Å². The first kappa shape index (κ1) is 35.9. The van der Waals surface area contributed by atoms with Crippen molar-refractivity contribution in [3.8, 4) is 5.75 Å². The van der Waals surface area contributed by atoms with Gasteiger partial charge >= 0.3 is 5.97 Å². The Morgan fingerprint density at radius 3 is 2.17 bits per heavy atom. The third-order valence-corrected chi connectivity index (χ3v) is 9.74. The number of carbonyl (C=O) groups excluding carboxylic acids is 3. The zero-order valence-corrected chi connectivity index (χ0v) is 29.3. The number of carbonyl (C=O) groups is 3. The number of guanidine groups is 1. The number of nitrogen functional groups attached to an aromatic ring is 1. The zero-order chi connectivity index (χ0) is 36.8. The molecular weight excluding hydrogens is 662 g/mol. The fourth-order valence-corrected chi connectivity index (χ4v) is 6.86.